The van der Waals surface area contributed by atoms with E-state index in [9.17, 15) is 8.42 Å². The van der Waals surface area contributed by atoms with Crippen LogP contribution in [0.5, 0.6) is 0 Å². The maximum atomic E-state index is 11.7. The number of aliphatic imine (C=N–C) groups is 1. The molecule has 1 heterocycles. The van der Waals surface area contributed by atoms with E-state index in [0.717, 1.165) is 0 Å². The van der Waals surface area contributed by atoms with Gasteiger partial charge in [-0.2, -0.15) is 0 Å². The van der Waals surface area contributed by atoms with Gasteiger partial charge < -0.3 is 10.5 Å². The fourth-order valence-electron chi connectivity index (χ4n) is 1.93. The predicted molar refractivity (Wildman–Crippen MR) is 78.4 cm³/mol. The molecule has 8 nitrogen and oxygen atoms in total. The summed E-state index contributed by atoms with van der Waals surface area (Å²) in [5.74, 6) is 0.348. The van der Waals surface area contributed by atoms with Gasteiger partial charge in [0.1, 0.15) is 6.67 Å². The molecule has 1 aliphatic rings. The topological polar surface area (TPSA) is 120 Å². The van der Waals surface area contributed by atoms with Crippen LogP contribution in [0.2, 0.25) is 0 Å². The van der Waals surface area contributed by atoms with E-state index in [1.54, 1.807) is 6.08 Å². The highest BCUT2D eigenvalue weighted by molar-refractivity contribution is 7.89. The van der Waals surface area contributed by atoms with Crippen molar-refractivity contribution >= 4 is 27.3 Å². The third kappa shape index (κ3) is 3.15. The first kappa shape index (κ1) is 15.3. The third-order valence-electron chi connectivity index (χ3n) is 2.90. The van der Waals surface area contributed by atoms with Crippen molar-refractivity contribution in [1.82, 2.24) is 5.06 Å². The molecule has 1 aliphatic heterocycles. The molecule has 114 valence electrons. The van der Waals surface area contributed by atoms with Crippen LogP contribution >= 0.6 is 0 Å². The lowest BCUT2D eigenvalue weighted by molar-refractivity contribution is -0.0748. The standard InChI is InChI=1S/C12H16N4O4S/c1-19-12-6-10(16(20-2)7-15-12)9-5-8(13)3-4-11(9)21(14,17)18/h3-6H,7,13H2,1-2H3,(H2,14,17,18). The first-order valence-corrected chi connectivity index (χ1v) is 7.46. The normalized spacial score (nSPS) is 15.5. The van der Waals surface area contributed by atoms with Crippen molar-refractivity contribution in [1.29, 1.82) is 0 Å². The SMILES string of the molecule is COC1=NCN(OC)C(c2cc(N)ccc2S(N)(=O)=O)=C1. The molecule has 0 atom stereocenters. The minimum absolute atomic E-state index is 0.0534. The number of ether oxygens (including phenoxy) is 1. The van der Waals surface area contributed by atoms with E-state index in [2.05, 4.69) is 4.99 Å². The molecule has 0 fully saturated rings. The molecule has 0 bridgehead atoms. The number of hydrogen-bond acceptors (Lipinski definition) is 7. The molecule has 0 radical (unpaired) electrons. The molecule has 4 N–H and O–H groups in total. The Balaban J connectivity index is 2.66. The number of nitrogen functional groups attached to an aromatic ring is 1. The first-order chi connectivity index (χ1) is 9.86. The van der Waals surface area contributed by atoms with Crippen molar-refractivity contribution in [3.63, 3.8) is 0 Å². The van der Waals surface area contributed by atoms with E-state index in [1.165, 1.54) is 37.5 Å². The Labute approximate surface area is 122 Å². The van der Waals surface area contributed by atoms with Gasteiger partial charge in [-0.15, -0.1) is 0 Å². The van der Waals surface area contributed by atoms with Crippen LogP contribution in [-0.4, -0.2) is 40.3 Å². The van der Waals surface area contributed by atoms with Crippen molar-refractivity contribution in [2.45, 2.75) is 4.90 Å². The van der Waals surface area contributed by atoms with Crippen molar-refractivity contribution in [2.24, 2.45) is 10.1 Å². The van der Waals surface area contributed by atoms with Crippen LogP contribution in [0, 0.1) is 0 Å². The van der Waals surface area contributed by atoms with E-state index in [0.29, 0.717) is 22.8 Å². The summed E-state index contributed by atoms with van der Waals surface area (Å²) in [6, 6.07) is 4.33. The smallest absolute Gasteiger partial charge is 0.238 e. The maximum absolute atomic E-state index is 11.7. The van der Waals surface area contributed by atoms with Gasteiger partial charge in [0, 0.05) is 17.3 Å². The van der Waals surface area contributed by atoms with Gasteiger partial charge in [-0.1, -0.05) is 0 Å². The molecule has 9 heteroatoms. The van der Waals surface area contributed by atoms with E-state index in [-0.39, 0.29) is 11.6 Å². The van der Waals surface area contributed by atoms with Crippen LogP contribution in [0.15, 0.2) is 34.2 Å². The second-order valence-corrected chi connectivity index (χ2v) is 5.76. The molecular weight excluding hydrogens is 296 g/mol. The Morgan fingerprint density at radius 2 is 2.05 bits per heavy atom. The fourth-order valence-corrected chi connectivity index (χ4v) is 2.66. The molecule has 0 unspecified atom stereocenters. The maximum Gasteiger partial charge on any atom is 0.238 e. The third-order valence-corrected chi connectivity index (χ3v) is 3.87. The van der Waals surface area contributed by atoms with E-state index in [4.69, 9.17) is 20.4 Å². The van der Waals surface area contributed by atoms with Crippen LogP contribution in [-0.2, 0) is 19.6 Å². The molecular formula is C12H16N4O4S. The van der Waals surface area contributed by atoms with Crippen LogP contribution in [0.25, 0.3) is 5.70 Å². The summed E-state index contributed by atoms with van der Waals surface area (Å²) in [7, 11) is -0.999. The molecule has 21 heavy (non-hydrogen) atoms. The lowest BCUT2D eigenvalue weighted by Gasteiger charge is -2.27. The van der Waals surface area contributed by atoms with Gasteiger partial charge in [-0.3, -0.25) is 4.84 Å². The van der Waals surface area contributed by atoms with Gasteiger partial charge in [0.2, 0.25) is 15.9 Å². The monoisotopic (exact) mass is 312 g/mol. The van der Waals surface area contributed by atoms with E-state index < -0.39 is 10.0 Å². The molecule has 0 amide bonds. The molecule has 0 aliphatic carbocycles. The minimum Gasteiger partial charge on any atom is -0.481 e. The van der Waals surface area contributed by atoms with Gasteiger partial charge >= 0.3 is 0 Å². The Morgan fingerprint density at radius 1 is 1.33 bits per heavy atom. The molecule has 2 rings (SSSR count). The Hall–Kier alpha value is -2.10. The fraction of sp³-hybridized carbons (Fsp3) is 0.250. The molecule has 1 aromatic rings. The summed E-state index contributed by atoms with van der Waals surface area (Å²) in [6.07, 6.45) is 1.55. The number of benzene rings is 1. The number of primary sulfonamides is 1. The number of hydrogen-bond donors (Lipinski definition) is 2. The zero-order chi connectivity index (χ0) is 15.6. The van der Waals surface area contributed by atoms with Gasteiger partial charge in [0.05, 0.1) is 24.8 Å². The Kier molecular flexibility index (Phi) is 4.16. The quantitative estimate of drug-likeness (QED) is 0.766. The number of hydroxylamine groups is 2. The predicted octanol–water partition coefficient (Wildman–Crippen LogP) is 0.137. The van der Waals surface area contributed by atoms with E-state index in [1.807, 2.05) is 0 Å². The molecule has 0 saturated heterocycles. The van der Waals surface area contributed by atoms with Crippen LogP contribution in [0.3, 0.4) is 0 Å². The second-order valence-electron chi connectivity index (χ2n) is 4.23. The number of anilines is 1. The van der Waals surface area contributed by atoms with Crippen LogP contribution in [0.4, 0.5) is 5.69 Å². The number of rotatable bonds is 3. The minimum atomic E-state index is -3.91. The highest BCUT2D eigenvalue weighted by Crippen LogP contribution is 2.29. The lowest BCUT2D eigenvalue weighted by Crippen LogP contribution is -2.28. The summed E-state index contributed by atoms with van der Waals surface area (Å²) < 4.78 is 28.6. The summed E-state index contributed by atoms with van der Waals surface area (Å²) in [4.78, 5) is 9.23. The number of nitrogens with zero attached hydrogens (tertiary/aromatic N) is 2. The van der Waals surface area contributed by atoms with Crippen molar-refractivity contribution in [3.8, 4) is 0 Å². The van der Waals surface area contributed by atoms with Gasteiger partial charge in [0.25, 0.3) is 0 Å². The molecule has 0 saturated carbocycles. The van der Waals surface area contributed by atoms with Crippen molar-refractivity contribution in [2.75, 3.05) is 26.6 Å². The Morgan fingerprint density at radius 3 is 2.62 bits per heavy atom. The zero-order valence-corrected chi connectivity index (χ0v) is 12.4. The molecule has 1 aromatic carbocycles. The van der Waals surface area contributed by atoms with Gasteiger partial charge in [-0.25, -0.2) is 23.6 Å². The molecule has 0 spiro atoms. The Bertz CT molecular complexity index is 712. The number of nitrogens with two attached hydrogens (primary N) is 2. The second kappa shape index (κ2) is 5.72. The highest BCUT2D eigenvalue weighted by Gasteiger charge is 2.24. The van der Waals surface area contributed by atoms with Crippen LogP contribution in [0.1, 0.15) is 5.56 Å². The van der Waals surface area contributed by atoms with Crippen LogP contribution < -0.4 is 10.9 Å². The average Bonchev–Trinajstić information content (AvgIpc) is 2.45. The van der Waals surface area contributed by atoms with Gasteiger partial charge in [0.15, 0.2) is 0 Å². The highest BCUT2D eigenvalue weighted by atomic mass is 32.2. The van der Waals surface area contributed by atoms with E-state index >= 15 is 0 Å². The lowest BCUT2D eigenvalue weighted by atomic mass is 10.1. The summed E-state index contributed by atoms with van der Waals surface area (Å²) in [5, 5.41) is 6.66. The van der Waals surface area contributed by atoms with Crippen molar-refractivity contribution in [3.05, 3.63) is 29.8 Å². The number of sulfonamides is 1. The average molecular weight is 312 g/mol. The largest absolute Gasteiger partial charge is 0.481 e. The van der Waals surface area contributed by atoms with Crippen molar-refractivity contribution < 1.29 is 18.0 Å². The summed E-state index contributed by atoms with van der Waals surface area (Å²) >= 11 is 0. The summed E-state index contributed by atoms with van der Waals surface area (Å²) in [6.45, 7) is 0.157. The molecule has 0 aromatic heterocycles. The number of methoxy groups -OCH3 is 1. The first-order valence-electron chi connectivity index (χ1n) is 5.91. The van der Waals surface area contributed by atoms with Gasteiger partial charge in [-0.05, 0) is 18.2 Å². The zero-order valence-electron chi connectivity index (χ0n) is 11.6. The summed E-state index contributed by atoms with van der Waals surface area (Å²) in [5.41, 5.74) is 6.91.